The van der Waals surface area contributed by atoms with Crippen LogP contribution in [0.1, 0.15) is 5.56 Å². The molecule has 1 atom stereocenters. The molecule has 0 saturated carbocycles. The number of para-hydroxylation sites is 1. The third-order valence-electron chi connectivity index (χ3n) is 3.01. The number of fused-ring (bicyclic) bond motifs is 1. The molecule has 0 unspecified atom stereocenters. The third kappa shape index (κ3) is 2.90. The standard InChI is InChI=1S/C13H12BrNO3S2/c14-12-5-6-13(19-12)20(16,17)15-10-7-9-3-1-2-4-11(9)18-8-10/h1-6,10,15H,7-8H2/t10-/m0/s1. The van der Waals surface area contributed by atoms with Crippen LogP contribution in [0.15, 0.2) is 44.4 Å². The largest absolute Gasteiger partial charge is 0.492 e. The first kappa shape index (κ1) is 14.1. The molecule has 1 aromatic heterocycles. The Morgan fingerprint density at radius 2 is 2.05 bits per heavy atom. The van der Waals surface area contributed by atoms with Crippen molar-refractivity contribution in [2.75, 3.05) is 6.61 Å². The van der Waals surface area contributed by atoms with Crippen molar-refractivity contribution in [2.24, 2.45) is 0 Å². The van der Waals surface area contributed by atoms with Gasteiger partial charge >= 0.3 is 0 Å². The Kier molecular flexibility index (Phi) is 3.85. The number of halogens is 1. The Hall–Kier alpha value is -0.890. The minimum Gasteiger partial charge on any atom is -0.492 e. The molecule has 7 heteroatoms. The van der Waals surface area contributed by atoms with E-state index in [1.165, 1.54) is 11.3 Å². The second-order valence-corrected chi connectivity index (χ2v) is 8.90. The molecule has 4 nitrogen and oxygen atoms in total. The zero-order chi connectivity index (χ0) is 14.2. The van der Waals surface area contributed by atoms with Crippen LogP contribution in [0.3, 0.4) is 0 Å². The zero-order valence-corrected chi connectivity index (χ0v) is 13.6. The van der Waals surface area contributed by atoms with E-state index in [0.717, 1.165) is 15.1 Å². The molecule has 106 valence electrons. The van der Waals surface area contributed by atoms with Crippen LogP contribution in [0.2, 0.25) is 0 Å². The Bertz CT molecular complexity index is 727. The molecule has 0 spiro atoms. The monoisotopic (exact) mass is 373 g/mol. The van der Waals surface area contributed by atoms with E-state index in [2.05, 4.69) is 20.7 Å². The second kappa shape index (κ2) is 5.48. The van der Waals surface area contributed by atoms with Gasteiger partial charge in [-0.1, -0.05) is 18.2 Å². The lowest BCUT2D eigenvalue weighted by Gasteiger charge is -2.25. The molecule has 0 radical (unpaired) electrons. The van der Waals surface area contributed by atoms with Crippen molar-refractivity contribution in [3.05, 3.63) is 45.7 Å². The number of rotatable bonds is 3. The van der Waals surface area contributed by atoms with E-state index in [-0.39, 0.29) is 6.04 Å². The van der Waals surface area contributed by atoms with E-state index in [4.69, 9.17) is 4.74 Å². The Labute approximate surface area is 130 Å². The minimum absolute atomic E-state index is 0.240. The third-order valence-corrected chi connectivity index (χ3v) is 6.65. The molecule has 0 aliphatic carbocycles. The number of sulfonamides is 1. The zero-order valence-electron chi connectivity index (χ0n) is 10.4. The van der Waals surface area contributed by atoms with Crippen LogP contribution in [-0.2, 0) is 16.4 Å². The smallest absolute Gasteiger partial charge is 0.250 e. The van der Waals surface area contributed by atoms with Gasteiger partial charge in [-0.2, -0.15) is 0 Å². The van der Waals surface area contributed by atoms with Crippen molar-refractivity contribution >= 4 is 37.3 Å². The van der Waals surface area contributed by atoms with Crippen LogP contribution < -0.4 is 9.46 Å². The lowest BCUT2D eigenvalue weighted by molar-refractivity contribution is 0.254. The van der Waals surface area contributed by atoms with Crippen molar-refractivity contribution in [2.45, 2.75) is 16.7 Å². The van der Waals surface area contributed by atoms with Crippen LogP contribution >= 0.6 is 27.3 Å². The fourth-order valence-corrected chi connectivity index (χ4v) is 5.37. The SMILES string of the molecule is O=S(=O)(N[C@@H]1COc2ccccc2C1)c1ccc(Br)s1. The average Bonchev–Trinajstić information content (AvgIpc) is 2.86. The van der Waals surface area contributed by atoms with Crippen LogP contribution in [0.5, 0.6) is 5.75 Å². The predicted molar refractivity (Wildman–Crippen MR) is 81.8 cm³/mol. The number of benzene rings is 1. The van der Waals surface area contributed by atoms with Gasteiger partial charge in [0, 0.05) is 0 Å². The summed E-state index contributed by atoms with van der Waals surface area (Å²) in [5, 5.41) is 0. The summed E-state index contributed by atoms with van der Waals surface area (Å²) < 4.78 is 33.9. The second-order valence-electron chi connectivity index (χ2n) is 4.50. The molecule has 0 saturated heterocycles. The summed E-state index contributed by atoms with van der Waals surface area (Å²) in [5.74, 6) is 0.835. The van der Waals surface area contributed by atoms with E-state index in [1.54, 1.807) is 12.1 Å². The van der Waals surface area contributed by atoms with Gasteiger partial charge in [0.25, 0.3) is 0 Å². The molecule has 1 aliphatic heterocycles. The molecule has 0 bridgehead atoms. The highest BCUT2D eigenvalue weighted by atomic mass is 79.9. The fraction of sp³-hybridized carbons (Fsp3) is 0.231. The average molecular weight is 374 g/mol. The molecule has 1 N–H and O–H groups in total. The highest BCUT2D eigenvalue weighted by Gasteiger charge is 2.26. The molecule has 2 aromatic rings. The van der Waals surface area contributed by atoms with Crippen molar-refractivity contribution < 1.29 is 13.2 Å². The first-order chi connectivity index (χ1) is 9.54. The van der Waals surface area contributed by atoms with Crippen molar-refractivity contribution in [3.63, 3.8) is 0 Å². The number of hydrogen-bond donors (Lipinski definition) is 1. The van der Waals surface area contributed by atoms with Gasteiger partial charge in [-0.3, -0.25) is 0 Å². The van der Waals surface area contributed by atoms with Gasteiger partial charge in [-0.25, -0.2) is 13.1 Å². The van der Waals surface area contributed by atoms with Crippen molar-refractivity contribution in [1.82, 2.24) is 4.72 Å². The molecule has 0 fully saturated rings. The Morgan fingerprint density at radius 1 is 1.25 bits per heavy atom. The summed E-state index contributed by atoms with van der Waals surface area (Å²) in [6, 6.07) is 10.8. The lowest BCUT2D eigenvalue weighted by atomic mass is 10.0. The van der Waals surface area contributed by atoms with Crippen molar-refractivity contribution in [3.8, 4) is 5.75 Å². The van der Waals surface area contributed by atoms with Crippen LogP contribution in [0, 0.1) is 0 Å². The lowest BCUT2D eigenvalue weighted by Crippen LogP contribution is -2.42. The van der Waals surface area contributed by atoms with E-state index in [9.17, 15) is 8.42 Å². The molecule has 1 aromatic carbocycles. The Morgan fingerprint density at radius 3 is 2.80 bits per heavy atom. The quantitative estimate of drug-likeness (QED) is 0.899. The summed E-state index contributed by atoms with van der Waals surface area (Å²) in [6.07, 6.45) is 0.641. The number of nitrogens with one attached hydrogen (secondary N) is 1. The summed E-state index contributed by atoms with van der Waals surface area (Å²) in [7, 11) is -3.48. The van der Waals surface area contributed by atoms with E-state index < -0.39 is 10.0 Å². The predicted octanol–water partition coefficient (Wildman–Crippen LogP) is 2.79. The highest BCUT2D eigenvalue weighted by molar-refractivity contribution is 9.11. The van der Waals surface area contributed by atoms with Gasteiger partial charge < -0.3 is 4.74 Å². The summed E-state index contributed by atoms with van der Waals surface area (Å²) >= 11 is 4.47. The van der Waals surface area contributed by atoms with Crippen LogP contribution in [-0.4, -0.2) is 21.1 Å². The van der Waals surface area contributed by atoms with Crippen LogP contribution in [0.4, 0.5) is 0 Å². The number of ether oxygens (including phenoxy) is 1. The number of thiophene rings is 1. The fourth-order valence-electron chi connectivity index (χ4n) is 2.12. The summed E-state index contributed by atoms with van der Waals surface area (Å²) in [4.78, 5) is 0. The van der Waals surface area contributed by atoms with Gasteiger partial charge in [0.15, 0.2) is 0 Å². The number of hydrogen-bond acceptors (Lipinski definition) is 4. The van der Waals surface area contributed by atoms with Gasteiger partial charge in [0.1, 0.15) is 16.6 Å². The molecular formula is C13H12BrNO3S2. The molecule has 0 amide bonds. The molecular weight excluding hydrogens is 362 g/mol. The van der Waals surface area contributed by atoms with Gasteiger partial charge in [-0.15, -0.1) is 11.3 Å². The maximum atomic E-state index is 12.2. The van der Waals surface area contributed by atoms with Crippen LogP contribution in [0.25, 0.3) is 0 Å². The molecule has 1 aliphatic rings. The molecule has 3 rings (SSSR count). The highest BCUT2D eigenvalue weighted by Crippen LogP contribution is 2.28. The van der Waals surface area contributed by atoms with E-state index >= 15 is 0 Å². The van der Waals surface area contributed by atoms with E-state index in [0.29, 0.717) is 17.2 Å². The molecule has 2 heterocycles. The maximum absolute atomic E-state index is 12.2. The summed E-state index contributed by atoms with van der Waals surface area (Å²) in [5.41, 5.74) is 1.03. The van der Waals surface area contributed by atoms with Gasteiger partial charge in [-0.05, 0) is 46.1 Å². The van der Waals surface area contributed by atoms with Gasteiger partial charge in [0.2, 0.25) is 10.0 Å². The topological polar surface area (TPSA) is 55.4 Å². The molecule has 20 heavy (non-hydrogen) atoms. The first-order valence-corrected chi connectivity index (χ1v) is 9.12. The van der Waals surface area contributed by atoms with Crippen molar-refractivity contribution in [1.29, 1.82) is 0 Å². The van der Waals surface area contributed by atoms with E-state index in [1.807, 2.05) is 24.3 Å². The van der Waals surface area contributed by atoms with Gasteiger partial charge in [0.05, 0.1) is 9.83 Å². The summed E-state index contributed by atoms with van der Waals surface area (Å²) in [6.45, 7) is 0.350. The first-order valence-electron chi connectivity index (χ1n) is 6.03. The minimum atomic E-state index is -3.48. The Balaban J connectivity index is 1.77. The maximum Gasteiger partial charge on any atom is 0.250 e. The normalized spacial score (nSPS) is 18.4.